The molecule has 17 heteroatoms. The van der Waals surface area contributed by atoms with Gasteiger partial charge in [-0.1, -0.05) is 29.3 Å². The van der Waals surface area contributed by atoms with Gasteiger partial charge in [0.05, 0.1) is 36.3 Å². The zero-order chi connectivity index (χ0) is 33.4. The number of carbonyl (C=O) groups excluding carboxylic acids is 4. The molecule has 2 N–H and O–H groups in total. The standard InChI is InChI=1S/C29H35Cl2N5O10/c1-3-43-27(41)29(11-6-12-29)45-22-17-21(33-36(22)24-18(30)7-5-8-19(24)31)25(39)32-20(9-10-23(37)38)26(40)34-13-15-35(16-14-34)46-28(42)44-4-2/h5,7-8,17,20H,3-4,6,9-16H2,1-2H3,(H,32,39)(H,37,38)/t20-/m0/s1. The van der Waals surface area contributed by atoms with Gasteiger partial charge in [-0.15, -0.1) is 5.06 Å². The van der Waals surface area contributed by atoms with Crippen molar-refractivity contribution in [3.05, 3.63) is 40.0 Å². The third-order valence-corrected chi connectivity index (χ3v) is 8.04. The molecule has 1 saturated carbocycles. The van der Waals surface area contributed by atoms with Crippen molar-refractivity contribution in [2.75, 3.05) is 39.4 Å². The van der Waals surface area contributed by atoms with Gasteiger partial charge in [0.15, 0.2) is 5.69 Å². The Bertz CT molecular complexity index is 1440. The highest BCUT2D eigenvalue weighted by atomic mass is 35.5. The normalized spacial score (nSPS) is 16.5. The summed E-state index contributed by atoms with van der Waals surface area (Å²) in [4.78, 5) is 69.5. The molecule has 1 saturated heterocycles. The zero-order valence-electron chi connectivity index (χ0n) is 25.3. The molecule has 0 bridgehead atoms. The Morgan fingerprint density at radius 2 is 1.67 bits per heavy atom. The van der Waals surface area contributed by atoms with Gasteiger partial charge in [0.25, 0.3) is 5.91 Å². The summed E-state index contributed by atoms with van der Waals surface area (Å²) in [7, 11) is 0. The van der Waals surface area contributed by atoms with Crippen LogP contribution in [0.25, 0.3) is 5.69 Å². The van der Waals surface area contributed by atoms with Crippen LogP contribution in [0.1, 0.15) is 56.4 Å². The van der Waals surface area contributed by atoms with E-state index in [-0.39, 0.29) is 73.1 Å². The SMILES string of the molecule is CCOC(=O)ON1CCN(C(=O)[C@H](CCC(=O)O)NC(=O)c2cc(OC3(C(=O)OCC)CCC3)n(-c3c(Cl)cccc3Cl)n2)CC1. The number of benzene rings is 1. The van der Waals surface area contributed by atoms with Gasteiger partial charge < -0.3 is 34.4 Å². The number of nitrogens with zero attached hydrogens (tertiary/aromatic N) is 4. The molecule has 2 aromatic rings. The maximum atomic E-state index is 13.6. The van der Waals surface area contributed by atoms with Gasteiger partial charge in [0.1, 0.15) is 11.7 Å². The lowest BCUT2D eigenvalue weighted by molar-refractivity contribution is -0.170. The van der Waals surface area contributed by atoms with Crippen LogP contribution >= 0.6 is 23.2 Å². The van der Waals surface area contributed by atoms with Crippen molar-refractivity contribution in [3.8, 4) is 11.6 Å². The zero-order valence-corrected chi connectivity index (χ0v) is 26.8. The van der Waals surface area contributed by atoms with Crippen LogP contribution in [0.2, 0.25) is 10.0 Å². The van der Waals surface area contributed by atoms with Crippen LogP contribution in [0.4, 0.5) is 4.79 Å². The number of aliphatic carboxylic acids is 1. The first-order chi connectivity index (χ1) is 22.0. The second-order valence-electron chi connectivity index (χ2n) is 10.5. The van der Waals surface area contributed by atoms with E-state index >= 15 is 0 Å². The van der Waals surface area contributed by atoms with Crippen molar-refractivity contribution in [3.63, 3.8) is 0 Å². The average Bonchev–Trinajstić information content (AvgIpc) is 3.40. The highest BCUT2D eigenvalue weighted by molar-refractivity contribution is 6.37. The maximum Gasteiger partial charge on any atom is 0.527 e. The van der Waals surface area contributed by atoms with Crippen molar-refractivity contribution < 1.29 is 48.1 Å². The smallest absolute Gasteiger partial charge is 0.481 e. The van der Waals surface area contributed by atoms with Crippen molar-refractivity contribution >= 4 is 53.1 Å². The number of aromatic nitrogens is 2. The van der Waals surface area contributed by atoms with Crippen molar-refractivity contribution in [2.24, 2.45) is 0 Å². The molecule has 0 unspecified atom stereocenters. The number of amides is 2. The maximum absolute atomic E-state index is 13.6. The number of para-hydroxylation sites is 1. The van der Waals surface area contributed by atoms with Crippen LogP contribution in [0.3, 0.4) is 0 Å². The third-order valence-electron chi connectivity index (χ3n) is 7.43. The molecule has 2 amide bonds. The van der Waals surface area contributed by atoms with E-state index < -0.39 is 48.0 Å². The molecule has 2 fully saturated rings. The van der Waals surface area contributed by atoms with Gasteiger partial charge in [0.2, 0.25) is 17.4 Å². The van der Waals surface area contributed by atoms with E-state index in [2.05, 4.69) is 10.4 Å². The molecule has 250 valence electrons. The van der Waals surface area contributed by atoms with Crippen molar-refractivity contribution in [1.29, 1.82) is 0 Å². The van der Waals surface area contributed by atoms with E-state index in [4.69, 9.17) is 42.3 Å². The molecule has 15 nitrogen and oxygen atoms in total. The van der Waals surface area contributed by atoms with Gasteiger partial charge >= 0.3 is 18.1 Å². The molecular weight excluding hydrogens is 649 g/mol. The molecule has 46 heavy (non-hydrogen) atoms. The summed E-state index contributed by atoms with van der Waals surface area (Å²) in [6.07, 6.45) is -0.00419. The van der Waals surface area contributed by atoms with Crippen molar-refractivity contribution in [1.82, 2.24) is 25.1 Å². The molecule has 1 aromatic heterocycles. The first-order valence-corrected chi connectivity index (χ1v) is 15.5. The highest BCUT2D eigenvalue weighted by Crippen LogP contribution is 2.40. The predicted molar refractivity (Wildman–Crippen MR) is 162 cm³/mol. The molecule has 1 aliphatic carbocycles. The molecule has 0 radical (unpaired) electrons. The molecule has 1 aromatic carbocycles. The first-order valence-electron chi connectivity index (χ1n) is 14.8. The van der Waals surface area contributed by atoms with Gasteiger partial charge in [0, 0.05) is 25.6 Å². The lowest BCUT2D eigenvalue weighted by Crippen LogP contribution is -2.55. The largest absolute Gasteiger partial charge is 0.527 e. The number of nitrogens with one attached hydrogen (secondary N) is 1. The number of ether oxygens (including phenoxy) is 3. The van der Waals surface area contributed by atoms with E-state index in [9.17, 15) is 29.1 Å². The minimum absolute atomic E-state index is 0.0148. The molecule has 2 aliphatic rings. The quantitative estimate of drug-likeness (QED) is 0.295. The van der Waals surface area contributed by atoms with Gasteiger partial charge in [-0.3, -0.25) is 14.4 Å². The van der Waals surface area contributed by atoms with Gasteiger partial charge in [-0.25, -0.2) is 9.59 Å². The molecule has 4 rings (SSSR count). The molecule has 1 atom stereocenters. The van der Waals surface area contributed by atoms with E-state index in [0.717, 1.165) is 0 Å². The number of piperazine rings is 1. The highest BCUT2D eigenvalue weighted by Gasteiger charge is 2.49. The summed E-state index contributed by atoms with van der Waals surface area (Å²) >= 11 is 12.9. The second kappa shape index (κ2) is 15.5. The number of rotatable bonds is 13. The number of hydrogen-bond acceptors (Lipinski definition) is 11. The Morgan fingerprint density at radius 3 is 2.24 bits per heavy atom. The Kier molecular flexibility index (Phi) is 11.7. The summed E-state index contributed by atoms with van der Waals surface area (Å²) in [5.41, 5.74) is -1.31. The van der Waals surface area contributed by atoms with E-state index in [1.54, 1.807) is 32.0 Å². The minimum Gasteiger partial charge on any atom is -0.481 e. The molecule has 0 spiro atoms. The lowest BCUT2D eigenvalue weighted by Gasteiger charge is -2.38. The molecule has 1 aliphatic heterocycles. The summed E-state index contributed by atoms with van der Waals surface area (Å²) in [5, 5.41) is 18.0. The fourth-order valence-electron chi connectivity index (χ4n) is 4.93. The van der Waals surface area contributed by atoms with E-state index in [0.29, 0.717) is 19.3 Å². The fraction of sp³-hybridized carbons (Fsp3) is 0.517. The number of carboxylic acids is 1. The number of carboxylic acid groups (broad SMARTS) is 1. The lowest BCUT2D eigenvalue weighted by atomic mass is 9.80. The average molecular weight is 685 g/mol. The van der Waals surface area contributed by atoms with Crippen LogP contribution in [-0.2, 0) is 28.7 Å². The van der Waals surface area contributed by atoms with Crippen LogP contribution in [0, 0.1) is 0 Å². The fourth-order valence-corrected chi connectivity index (χ4v) is 5.49. The molecular formula is C29H35Cl2N5O10. The first kappa shape index (κ1) is 34.8. The topological polar surface area (TPSA) is 179 Å². The minimum atomic E-state index is -1.30. The van der Waals surface area contributed by atoms with E-state index in [1.807, 2.05) is 0 Å². The van der Waals surface area contributed by atoms with Gasteiger partial charge in [-0.05, 0) is 51.7 Å². The predicted octanol–water partition coefficient (Wildman–Crippen LogP) is 3.24. The number of carbonyl (C=O) groups is 5. The number of hydroxylamine groups is 2. The summed E-state index contributed by atoms with van der Waals surface area (Å²) in [5.74, 6) is -3.06. The Balaban J connectivity index is 1.57. The Hall–Kier alpha value is -4.08. The number of hydrogen-bond donors (Lipinski definition) is 2. The van der Waals surface area contributed by atoms with Crippen LogP contribution in [0.15, 0.2) is 24.3 Å². The summed E-state index contributed by atoms with van der Waals surface area (Å²) in [6.45, 7) is 4.25. The summed E-state index contributed by atoms with van der Waals surface area (Å²) < 4.78 is 17.4. The third kappa shape index (κ3) is 8.19. The molecule has 2 heterocycles. The van der Waals surface area contributed by atoms with Crippen LogP contribution < -0.4 is 10.1 Å². The van der Waals surface area contributed by atoms with E-state index in [1.165, 1.54) is 20.7 Å². The number of halogens is 2. The monoisotopic (exact) mass is 683 g/mol. The van der Waals surface area contributed by atoms with Crippen LogP contribution in [-0.4, -0.2) is 106 Å². The Morgan fingerprint density at radius 1 is 1.02 bits per heavy atom. The van der Waals surface area contributed by atoms with Gasteiger partial charge in [-0.2, -0.15) is 9.78 Å². The van der Waals surface area contributed by atoms with Crippen LogP contribution in [0.5, 0.6) is 5.88 Å². The van der Waals surface area contributed by atoms with Crippen molar-refractivity contribution in [2.45, 2.75) is 57.6 Å². The Labute approximate surface area is 274 Å². The summed E-state index contributed by atoms with van der Waals surface area (Å²) in [6, 6.07) is 4.82. The number of esters is 1. The second-order valence-corrected chi connectivity index (χ2v) is 11.3.